The molecular weight excluding hydrogens is 287 g/mol. The van der Waals surface area contributed by atoms with Crippen molar-refractivity contribution in [2.75, 3.05) is 0 Å². The molecule has 0 heterocycles. The number of benzene rings is 2. The Morgan fingerprint density at radius 2 is 1.41 bits per heavy atom. The Bertz CT molecular complexity index is 610. The molecule has 1 nitrogen and oxygen atoms in total. The summed E-state index contributed by atoms with van der Waals surface area (Å²) in [7, 11) is 0. The van der Waals surface area contributed by atoms with Crippen molar-refractivity contribution in [2.24, 2.45) is 0 Å². The number of hydrogen-bond acceptors (Lipinski definition) is 1. The first-order valence-electron chi connectivity index (χ1n) is 7.52. The second-order valence-corrected chi connectivity index (χ2v) is 5.78. The molecule has 0 aliphatic heterocycles. The molecule has 1 aliphatic carbocycles. The number of rotatable bonds is 4. The molecule has 0 amide bonds. The predicted molar refractivity (Wildman–Crippen MR) is 81.4 cm³/mol. The van der Waals surface area contributed by atoms with E-state index in [1.165, 1.54) is 37.0 Å². The van der Waals surface area contributed by atoms with Gasteiger partial charge in [0.2, 0.25) is 0 Å². The van der Waals surface area contributed by atoms with Crippen LogP contribution in [0.2, 0.25) is 0 Å². The maximum atomic E-state index is 12.6. The van der Waals surface area contributed by atoms with E-state index in [9.17, 15) is 13.2 Å². The first-order chi connectivity index (χ1) is 10.5. The van der Waals surface area contributed by atoms with E-state index in [0.29, 0.717) is 6.04 Å². The molecule has 4 heteroatoms. The second kappa shape index (κ2) is 6.13. The van der Waals surface area contributed by atoms with Gasteiger partial charge in [0, 0.05) is 12.6 Å². The van der Waals surface area contributed by atoms with Crippen LogP contribution in [0.25, 0.3) is 11.1 Å². The maximum Gasteiger partial charge on any atom is 0.416 e. The zero-order valence-corrected chi connectivity index (χ0v) is 12.2. The molecule has 1 aliphatic rings. The zero-order valence-electron chi connectivity index (χ0n) is 12.2. The van der Waals surface area contributed by atoms with Crippen molar-refractivity contribution in [1.29, 1.82) is 0 Å². The van der Waals surface area contributed by atoms with Gasteiger partial charge >= 0.3 is 6.18 Å². The topological polar surface area (TPSA) is 12.0 Å². The lowest BCUT2D eigenvalue weighted by molar-refractivity contribution is -0.137. The second-order valence-electron chi connectivity index (χ2n) is 5.78. The minimum absolute atomic E-state index is 0.613. The van der Waals surface area contributed by atoms with Crippen LogP contribution in [0.15, 0.2) is 48.5 Å². The number of nitrogens with one attached hydrogen (secondary N) is 1. The average molecular weight is 305 g/mol. The van der Waals surface area contributed by atoms with Gasteiger partial charge in [-0.2, -0.15) is 13.2 Å². The fourth-order valence-corrected chi connectivity index (χ4v) is 2.54. The summed E-state index contributed by atoms with van der Waals surface area (Å²) in [5.41, 5.74) is 2.31. The van der Waals surface area contributed by atoms with Crippen LogP contribution in [0.4, 0.5) is 13.2 Å². The molecule has 116 valence electrons. The van der Waals surface area contributed by atoms with Gasteiger partial charge in [-0.25, -0.2) is 0 Å². The average Bonchev–Trinajstić information content (AvgIpc) is 2.46. The molecule has 1 N–H and O–H groups in total. The van der Waals surface area contributed by atoms with E-state index < -0.39 is 11.7 Å². The van der Waals surface area contributed by atoms with Gasteiger partial charge in [0.1, 0.15) is 0 Å². The molecule has 1 saturated carbocycles. The minimum Gasteiger partial charge on any atom is -0.310 e. The van der Waals surface area contributed by atoms with Crippen LogP contribution < -0.4 is 5.32 Å². The van der Waals surface area contributed by atoms with E-state index in [-0.39, 0.29) is 0 Å². The van der Waals surface area contributed by atoms with E-state index in [1.807, 2.05) is 24.3 Å². The Kier molecular flexibility index (Phi) is 4.21. The normalized spacial score (nSPS) is 15.6. The molecule has 0 unspecified atom stereocenters. The standard InChI is InChI=1S/C18H18F3N/c19-18(20,21)16-10-8-15(9-11-16)14-6-4-13(5-7-14)12-22-17-2-1-3-17/h4-11,17,22H,1-3,12H2. The predicted octanol–water partition coefficient (Wildman–Crippen LogP) is 5.01. The van der Waals surface area contributed by atoms with Gasteiger partial charge in [-0.15, -0.1) is 0 Å². The third-order valence-electron chi connectivity index (χ3n) is 4.20. The van der Waals surface area contributed by atoms with Gasteiger partial charge in [0.05, 0.1) is 5.56 Å². The highest BCUT2D eigenvalue weighted by Gasteiger charge is 2.29. The van der Waals surface area contributed by atoms with E-state index in [4.69, 9.17) is 0 Å². The van der Waals surface area contributed by atoms with Crippen molar-refractivity contribution in [2.45, 2.75) is 38.0 Å². The molecule has 0 aromatic heterocycles. The highest BCUT2D eigenvalue weighted by molar-refractivity contribution is 5.64. The summed E-state index contributed by atoms with van der Waals surface area (Å²) in [5, 5.41) is 3.49. The Morgan fingerprint density at radius 1 is 0.864 bits per heavy atom. The fraction of sp³-hybridized carbons (Fsp3) is 0.333. The van der Waals surface area contributed by atoms with Crippen molar-refractivity contribution < 1.29 is 13.2 Å². The summed E-state index contributed by atoms with van der Waals surface area (Å²) in [6.45, 7) is 0.845. The highest BCUT2D eigenvalue weighted by atomic mass is 19.4. The first-order valence-corrected chi connectivity index (χ1v) is 7.52. The molecule has 0 spiro atoms. The van der Waals surface area contributed by atoms with E-state index in [1.54, 1.807) is 0 Å². The monoisotopic (exact) mass is 305 g/mol. The maximum absolute atomic E-state index is 12.6. The van der Waals surface area contributed by atoms with Crippen LogP contribution in [0.3, 0.4) is 0 Å². The lowest BCUT2D eigenvalue weighted by atomic mass is 9.93. The Morgan fingerprint density at radius 3 is 1.86 bits per heavy atom. The van der Waals surface area contributed by atoms with Crippen molar-refractivity contribution >= 4 is 0 Å². The lowest BCUT2D eigenvalue weighted by Crippen LogP contribution is -2.34. The quantitative estimate of drug-likeness (QED) is 0.837. The third kappa shape index (κ3) is 3.50. The highest BCUT2D eigenvalue weighted by Crippen LogP contribution is 2.31. The SMILES string of the molecule is FC(F)(F)c1ccc(-c2ccc(CNC3CCC3)cc2)cc1. The number of halogens is 3. The van der Waals surface area contributed by atoms with Crippen LogP contribution in [-0.4, -0.2) is 6.04 Å². The van der Waals surface area contributed by atoms with Crippen LogP contribution in [0, 0.1) is 0 Å². The lowest BCUT2D eigenvalue weighted by Gasteiger charge is -2.26. The van der Waals surface area contributed by atoms with Gasteiger partial charge < -0.3 is 5.32 Å². The van der Waals surface area contributed by atoms with E-state index >= 15 is 0 Å². The van der Waals surface area contributed by atoms with Gasteiger partial charge in [0.15, 0.2) is 0 Å². The molecule has 1 fully saturated rings. The van der Waals surface area contributed by atoms with Crippen molar-refractivity contribution in [3.8, 4) is 11.1 Å². The fourth-order valence-electron chi connectivity index (χ4n) is 2.54. The molecule has 22 heavy (non-hydrogen) atoms. The smallest absolute Gasteiger partial charge is 0.310 e. The molecule has 0 bridgehead atoms. The number of hydrogen-bond donors (Lipinski definition) is 1. The Labute approximate surface area is 128 Å². The van der Waals surface area contributed by atoms with Gasteiger partial charge in [-0.1, -0.05) is 42.8 Å². The van der Waals surface area contributed by atoms with Gasteiger partial charge in [-0.05, 0) is 41.7 Å². The summed E-state index contributed by atoms with van der Waals surface area (Å²) in [6.07, 6.45) is -0.465. The van der Waals surface area contributed by atoms with E-state index in [2.05, 4.69) is 5.32 Å². The number of alkyl halides is 3. The molecular formula is C18H18F3N. The molecule has 0 saturated heterocycles. The van der Waals surface area contributed by atoms with Crippen molar-refractivity contribution in [3.05, 3.63) is 59.7 Å². The van der Waals surface area contributed by atoms with Crippen LogP contribution in [0.5, 0.6) is 0 Å². The molecule has 0 atom stereocenters. The summed E-state index contributed by atoms with van der Waals surface area (Å²) in [4.78, 5) is 0. The summed E-state index contributed by atoms with van der Waals surface area (Å²) >= 11 is 0. The van der Waals surface area contributed by atoms with Crippen molar-refractivity contribution in [3.63, 3.8) is 0 Å². The molecule has 2 aromatic rings. The largest absolute Gasteiger partial charge is 0.416 e. The van der Waals surface area contributed by atoms with E-state index in [0.717, 1.165) is 29.8 Å². The molecule has 2 aromatic carbocycles. The van der Waals surface area contributed by atoms with Crippen LogP contribution in [0.1, 0.15) is 30.4 Å². The minimum atomic E-state index is -4.28. The van der Waals surface area contributed by atoms with Gasteiger partial charge in [0.25, 0.3) is 0 Å². The molecule has 0 radical (unpaired) electrons. The van der Waals surface area contributed by atoms with Gasteiger partial charge in [-0.3, -0.25) is 0 Å². The summed E-state index contributed by atoms with van der Waals surface area (Å²) < 4.78 is 37.7. The summed E-state index contributed by atoms with van der Waals surface area (Å²) in [6, 6.07) is 13.9. The Hall–Kier alpha value is -1.81. The third-order valence-corrected chi connectivity index (χ3v) is 4.20. The zero-order chi connectivity index (χ0) is 15.6. The van der Waals surface area contributed by atoms with Crippen LogP contribution in [-0.2, 0) is 12.7 Å². The van der Waals surface area contributed by atoms with Crippen LogP contribution >= 0.6 is 0 Å². The summed E-state index contributed by atoms with van der Waals surface area (Å²) in [5.74, 6) is 0. The molecule has 3 rings (SSSR count). The van der Waals surface area contributed by atoms with Crippen molar-refractivity contribution in [1.82, 2.24) is 5.32 Å². The first kappa shape index (κ1) is 15.1. The Balaban J connectivity index is 1.66.